The first-order valence-corrected chi connectivity index (χ1v) is 14.7. The number of rotatable bonds is 7. The van der Waals surface area contributed by atoms with Crippen molar-refractivity contribution in [2.75, 3.05) is 6.61 Å². The third kappa shape index (κ3) is 3.57. The van der Waals surface area contributed by atoms with E-state index in [4.69, 9.17) is 4.43 Å². The fourth-order valence-corrected chi connectivity index (χ4v) is 12.4. The summed E-state index contributed by atoms with van der Waals surface area (Å²) >= 11 is 0. The zero-order valence-corrected chi connectivity index (χ0v) is 21.3. The lowest BCUT2D eigenvalue weighted by Crippen LogP contribution is -2.66. The number of carbonyl (C=O) groups is 1. The van der Waals surface area contributed by atoms with Gasteiger partial charge in [-0.2, -0.15) is 0 Å². The Morgan fingerprint density at radius 3 is 2.18 bits per heavy atom. The second-order valence-corrected chi connectivity index (χ2v) is 16.0. The Balaban J connectivity index is 1.40. The molecule has 0 amide bonds. The summed E-state index contributed by atoms with van der Waals surface area (Å²) in [6.07, 6.45) is 5.47. The number of hydrogen-bond donors (Lipinski definition) is 1. The number of Topliss-reactive ketones (excluding diaryl/α,β-unsaturated/α-hetero) is 1. The van der Waals surface area contributed by atoms with Crippen LogP contribution in [-0.2, 0) is 9.22 Å². The fraction of sp³-hybridized carbons (Fsp3) is 0.552. The van der Waals surface area contributed by atoms with Crippen LogP contribution in [0.25, 0.3) is 0 Å². The molecule has 0 aromatic heterocycles. The van der Waals surface area contributed by atoms with Gasteiger partial charge in [0, 0.05) is 18.4 Å². The highest BCUT2D eigenvalue weighted by atomic mass is 28.4. The van der Waals surface area contributed by atoms with E-state index in [-0.39, 0.29) is 22.3 Å². The number of hydrogen-bond acceptors (Lipinski definition) is 3. The lowest BCUT2D eigenvalue weighted by Gasteiger charge is -2.51. The summed E-state index contributed by atoms with van der Waals surface area (Å²) in [4.78, 5) is 13.0. The molecular weight excluding hydrogens is 424 g/mol. The van der Waals surface area contributed by atoms with Gasteiger partial charge in [0.1, 0.15) is 5.78 Å². The van der Waals surface area contributed by atoms with Crippen molar-refractivity contribution in [2.24, 2.45) is 23.2 Å². The van der Waals surface area contributed by atoms with Crippen LogP contribution < -0.4 is 10.4 Å². The van der Waals surface area contributed by atoms with Gasteiger partial charge in [-0.3, -0.25) is 4.79 Å². The average molecular weight is 463 g/mol. The van der Waals surface area contributed by atoms with Crippen molar-refractivity contribution in [1.29, 1.82) is 0 Å². The van der Waals surface area contributed by atoms with E-state index in [2.05, 4.69) is 81.4 Å². The van der Waals surface area contributed by atoms with Gasteiger partial charge in [-0.25, -0.2) is 0 Å². The molecule has 4 aliphatic carbocycles. The molecule has 4 bridgehead atoms. The first-order valence-electron chi connectivity index (χ1n) is 12.8. The molecule has 176 valence electrons. The number of aliphatic hydroxyl groups excluding tert-OH is 1. The molecule has 0 aliphatic heterocycles. The molecule has 6 rings (SSSR count). The minimum Gasteiger partial charge on any atom is -0.407 e. The molecule has 0 saturated heterocycles. The van der Waals surface area contributed by atoms with Gasteiger partial charge in [-0.15, -0.1) is 0 Å². The fourth-order valence-electron chi connectivity index (χ4n) is 7.75. The van der Waals surface area contributed by atoms with Gasteiger partial charge in [0.15, 0.2) is 0 Å². The maximum absolute atomic E-state index is 13.0. The van der Waals surface area contributed by atoms with Gasteiger partial charge in [0.2, 0.25) is 0 Å². The van der Waals surface area contributed by atoms with Crippen LogP contribution in [0.15, 0.2) is 60.7 Å². The highest BCUT2D eigenvalue weighted by Crippen LogP contribution is 2.64. The van der Waals surface area contributed by atoms with Crippen LogP contribution in [0.1, 0.15) is 59.3 Å². The molecule has 4 aliphatic rings. The SMILES string of the molecule is CC(C)(C)[Si](OCCCC12CCC3CC1CC(O)C2C3=O)(c1ccccc1)c1ccccc1. The molecule has 4 saturated carbocycles. The Kier molecular flexibility index (Phi) is 5.91. The molecule has 5 atom stereocenters. The molecule has 0 radical (unpaired) electrons. The molecular formula is C29H38O3Si. The van der Waals surface area contributed by atoms with Crippen LogP contribution in [0.3, 0.4) is 0 Å². The predicted molar refractivity (Wildman–Crippen MR) is 135 cm³/mol. The van der Waals surface area contributed by atoms with Crippen LogP contribution in [0.4, 0.5) is 0 Å². The van der Waals surface area contributed by atoms with Crippen LogP contribution in [-0.4, -0.2) is 31.9 Å². The average Bonchev–Trinajstić information content (AvgIpc) is 3.03. The zero-order chi connectivity index (χ0) is 23.3. The van der Waals surface area contributed by atoms with Gasteiger partial charge >= 0.3 is 0 Å². The van der Waals surface area contributed by atoms with Gasteiger partial charge in [-0.1, -0.05) is 81.4 Å². The molecule has 2 aromatic carbocycles. The van der Waals surface area contributed by atoms with Gasteiger partial charge in [-0.05, 0) is 65.3 Å². The van der Waals surface area contributed by atoms with Crippen LogP contribution in [0.2, 0.25) is 5.04 Å². The van der Waals surface area contributed by atoms with Crippen molar-refractivity contribution < 1.29 is 14.3 Å². The largest absolute Gasteiger partial charge is 0.407 e. The number of benzene rings is 2. The Labute approximate surface area is 199 Å². The lowest BCUT2D eigenvalue weighted by atomic mass is 9.52. The van der Waals surface area contributed by atoms with Crippen LogP contribution in [0.5, 0.6) is 0 Å². The third-order valence-electron chi connectivity index (χ3n) is 9.10. The Morgan fingerprint density at radius 1 is 1.00 bits per heavy atom. The van der Waals surface area contributed by atoms with E-state index in [1.165, 1.54) is 10.4 Å². The first-order chi connectivity index (χ1) is 15.8. The van der Waals surface area contributed by atoms with Crippen molar-refractivity contribution in [2.45, 2.75) is 70.4 Å². The van der Waals surface area contributed by atoms with Crippen molar-refractivity contribution in [1.82, 2.24) is 0 Å². The molecule has 4 fully saturated rings. The zero-order valence-electron chi connectivity index (χ0n) is 20.3. The summed E-state index contributed by atoms with van der Waals surface area (Å²) < 4.78 is 7.10. The molecule has 4 heteroatoms. The number of carbonyl (C=O) groups excluding carboxylic acids is 1. The molecule has 1 N–H and O–H groups in total. The molecule has 5 unspecified atom stereocenters. The minimum atomic E-state index is -2.52. The summed E-state index contributed by atoms with van der Waals surface area (Å²) in [6, 6.07) is 21.6. The van der Waals surface area contributed by atoms with E-state index in [0.29, 0.717) is 18.3 Å². The van der Waals surface area contributed by atoms with E-state index in [1.807, 2.05) is 0 Å². The van der Waals surface area contributed by atoms with Gasteiger partial charge in [0.05, 0.1) is 6.10 Å². The monoisotopic (exact) mass is 462 g/mol. The normalized spacial score (nSPS) is 31.2. The highest BCUT2D eigenvalue weighted by molar-refractivity contribution is 6.99. The topological polar surface area (TPSA) is 46.5 Å². The molecule has 2 aromatic rings. The summed E-state index contributed by atoms with van der Waals surface area (Å²) in [5.41, 5.74) is 0.0139. The summed E-state index contributed by atoms with van der Waals surface area (Å²) in [5.74, 6) is 0.965. The van der Waals surface area contributed by atoms with E-state index < -0.39 is 14.4 Å². The Morgan fingerprint density at radius 2 is 1.61 bits per heavy atom. The Hall–Kier alpha value is -1.75. The van der Waals surface area contributed by atoms with Crippen molar-refractivity contribution >= 4 is 24.5 Å². The van der Waals surface area contributed by atoms with Crippen LogP contribution >= 0.6 is 0 Å². The number of ketones is 1. The molecule has 0 heterocycles. The highest BCUT2D eigenvalue weighted by Gasteiger charge is 2.64. The first kappa shape index (κ1) is 23.0. The van der Waals surface area contributed by atoms with E-state index in [9.17, 15) is 9.90 Å². The number of fused-ring (bicyclic) bond motifs is 1. The van der Waals surface area contributed by atoms with E-state index in [1.54, 1.807) is 0 Å². The van der Waals surface area contributed by atoms with Gasteiger partial charge in [0.25, 0.3) is 8.32 Å². The predicted octanol–water partition coefficient (Wildman–Crippen LogP) is 4.71. The minimum absolute atomic E-state index is 0.0139. The number of aliphatic hydroxyl groups is 1. The third-order valence-corrected chi connectivity index (χ3v) is 14.1. The Bertz CT molecular complexity index is 943. The lowest BCUT2D eigenvalue weighted by molar-refractivity contribution is -0.148. The van der Waals surface area contributed by atoms with Gasteiger partial charge < -0.3 is 9.53 Å². The second-order valence-electron chi connectivity index (χ2n) is 11.7. The summed E-state index contributed by atoms with van der Waals surface area (Å²) in [5, 5.41) is 13.3. The quantitative estimate of drug-likeness (QED) is 0.479. The molecule has 0 spiro atoms. The van der Waals surface area contributed by atoms with Crippen molar-refractivity contribution in [3.05, 3.63) is 60.7 Å². The maximum Gasteiger partial charge on any atom is 0.261 e. The standard InChI is InChI=1S/C29H38O3Si/c1-28(2,3)33(23-11-6-4-7-12-23,24-13-8-5-9-14-24)32-18-10-16-29-17-15-21-19-22(29)20-25(30)26(29)27(21)31/h4-9,11-14,21-22,25-26,30H,10,15-20H2,1-3H3. The summed E-state index contributed by atoms with van der Waals surface area (Å²) in [7, 11) is -2.52. The molecule has 33 heavy (non-hydrogen) atoms. The van der Waals surface area contributed by atoms with Crippen molar-refractivity contribution in [3.8, 4) is 0 Å². The smallest absolute Gasteiger partial charge is 0.261 e. The summed E-state index contributed by atoms with van der Waals surface area (Å²) in [6.45, 7) is 7.64. The van der Waals surface area contributed by atoms with Crippen LogP contribution in [0, 0.1) is 23.2 Å². The van der Waals surface area contributed by atoms with E-state index >= 15 is 0 Å². The van der Waals surface area contributed by atoms with Crippen molar-refractivity contribution in [3.63, 3.8) is 0 Å². The molecule has 3 nitrogen and oxygen atoms in total. The maximum atomic E-state index is 13.0. The second kappa shape index (κ2) is 8.48. The van der Waals surface area contributed by atoms with E-state index in [0.717, 1.165) is 38.5 Å².